The lowest BCUT2D eigenvalue weighted by atomic mass is 10.5. The molecule has 0 aliphatic heterocycles. The summed E-state index contributed by atoms with van der Waals surface area (Å²) < 4.78 is 62.0. The van der Waals surface area contributed by atoms with Gasteiger partial charge in [-0.15, -0.1) is 0 Å². The predicted molar refractivity (Wildman–Crippen MR) is 58.0 cm³/mol. The zero-order valence-electron chi connectivity index (χ0n) is 10.2. The minimum absolute atomic E-state index is 0. The smallest absolute Gasteiger partial charge is 0.511 e. The molecule has 20 heavy (non-hydrogen) atoms. The predicted octanol–water partition coefficient (Wildman–Crippen LogP) is -3.44. The van der Waals surface area contributed by atoms with Gasteiger partial charge in [0, 0.05) is 6.54 Å². The van der Waals surface area contributed by atoms with Crippen molar-refractivity contribution in [3.8, 4) is 0 Å². The molecule has 0 saturated carbocycles. The van der Waals surface area contributed by atoms with Crippen LogP contribution in [0.15, 0.2) is 17.5 Å². The van der Waals surface area contributed by atoms with Gasteiger partial charge in [0.1, 0.15) is 18.9 Å². The van der Waals surface area contributed by atoms with Crippen LogP contribution in [0.2, 0.25) is 0 Å². The number of oxime groups is 1. The zero-order valence-corrected chi connectivity index (χ0v) is 11.7. The van der Waals surface area contributed by atoms with Crippen molar-refractivity contribution in [2.75, 3.05) is 6.54 Å². The molecule has 12 heteroatoms. The third-order valence-electron chi connectivity index (χ3n) is 2.25. The molecule has 0 radical (unpaired) electrons. The maximum atomic E-state index is 12.0. The fraction of sp³-hybridized carbons (Fsp3) is 0.500. The molecule has 1 heterocycles. The van der Waals surface area contributed by atoms with Crippen LogP contribution < -0.4 is 21.7 Å². The van der Waals surface area contributed by atoms with Crippen LogP contribution in [-0.4, -0.2) is 36.5 Å². The maximum Gasteiger partial charge on any atom is 0.511 e. The Bertz CT molecular complexity index is 570. The quantitative estimate of drug-likeness (QED) is 0.254. The first kappa shape index (κ1) is 18.7. The van der Waals surface area contributed by atoms with Crippen LogP contribution in [0, 0.1) is 0 Å². The summed E-state index contributed by atoms with van der Waals surface area (Å²) in [7, 11) is -3.71. The van der Waals surface area contributed by atoms with Crippen LogP contribution in [0.4, 0.5) is 13.2 Å². The topological polar surface area (TPSA) is 87.6 Å². The van der Waals surface area contributed by atoms with E-state index in [4.69, 9.17) is 5.21 Å². The van der Waals surface area contributed by atoms with E-state index in [1.807, 2.05) is 0 Å². The molecule has 0 amide bonds. The molecule has 0 aliphatic carbocycles. The van der Waals surface area contributed by atoms with Crippen molar-refractivity contribution in [3.05, 3.63) is 18.2 Å². The molecular weight excluding hydrogens is 325 g/mol. The average molecular weight is 337 g/mol. The molecule has 7 nitrogen and oxygen atoms in total. The summed E-state index contributed by atoms with van der Waals surface area (Å²) in [6.45, 7) is -0.486. The number of halogens is 4. The van der Waals surface area contributed by atoms with Crippen molar-refractivity contribution in [3.63, 3.8) is 0 Å². The summed E-state index contributed by atoms with van der Waals surface area (Å²) in [5.74, 6) is 0.397. The first-order valence-electron chi connectivity index (χ1n) is 4.97. The number of aromatic nitrogens is 2. The highest BCUT2D eigenvalue weighted by Crippen LogP contribution is 2.21. The lowest BCUT2D eigenvalue weighted by Gasteiger charge is -2.08. The van der Waals surface area contributed by atoms with Crippen molar-refractivity contribution in [1.82, 2.24) is 9.29 Å². The molecule has 0 aliphatic rings. The van der Waals surface area contributed by atoms with E-state index in [9.17, 15) is 21.6 Å². The van der Waals surface area contributed by atoms with Gasteiger partial charge in [0.2, 0.25) is 0 Å². The van der Waals surface area contributed by atoms with Crippen LogP contribution in [-0.2, 0) is 23.6 Å². The Hall–Kier alpha value is -1.33. The summed E-state index contributed by atoms with van der Waals surface area (Å²) in [5, 5.41) is 11.2. The molecule has 0 bridgehead atoms. The molecule has 0 aromatic carbocycles. The second-order valence-electron chi connectivity index (χ2n) is 3.55. The van der Waals surface area contributed by atoms with Crippen LogP contribution in [0.25, 0.3) is 0 Å². The minimum atomic E-state index is -5.34. The monoisotopic (exact) mass is 336 g/mol. The highest BCUT2D eigenvalue weighted by molar-refractivity contribution is 7.90. The number of alkyl halides is 3. The number of rotatable bonds is 5. The first-order valence-corrected chi connectivity index (χ1v) is 6.45. The molecule has 0 unspecified atom stereocenters. The number of nitrogens with one attached hydrogen (secondary N) is 1. The molecule has 2 N–H and O–H groups in total. The normalized spacial score (nSPS) is 12.6. The van der Waals surface area contributed by atoms with Gasteiger partial charge in [0.15, 0.2) is 6.21 Å². The number of imidazole rings is 1. The SMILES string of the molecule is C[n+]1ccn(CCNS(=O)(=O)C(F)(F)F)c1/C=N/O.[Cl-]. The van der Waals surface area contributed by atoms with E-state index in [0.717, 1.165) is 6.21 Å². The minimum Gasteiger partial charge on any atom is -1.00 e. The van der Waals surface area contributed by atoms with Gasteiger partial charge in [0.25, 0.3) is 0 Å². The third kappa shape index (κ3) is 4.35. The van der Waals surface area contributed by atoms with Crippen molar-refractivity contribution < 1.29 is 43.8 Å². The standard InChI is InChI=1S/C8H11F3N4O3S.ClH/c1-14-4-5-15(7(14)6-12-16)3-2-13-19(17,18)8(9,10)11;/h4-6,13H,2-3H2,1H3;1H. The van der Waals surface area contributed by atoms with Gasteiger partial charge in [-0.05, 0) is 0 Å². The van der Waals surface area contributed by atoms with Gasteiger partial charge in [-0.25, -0.2) is 22.3 Å². The van der Waals surface area contributed by atoms with E-state index in [0.29, 0.717) is 5.82 Å². The van der Waals surface area contributed by atoms with Gasteiger partial charge in [-0.3, -0.25) is 0 Å². The Morgan fingerprint density at radius 3 is 2.65 bits per heavy atom. The molecule has 116 valence electrons. The fourth-order valence-electron chi connectivity index (χ4n) is 1.32. The first-order chi connectivity index (χ1) is 8.69. The summed E-state index contributed by atoms with van der Waals surface area (Å²) in [4.78, 5) is 0. The summed E-state index contributed by atoms with van der Waals surface area (Å²) in [6, 6.07) is 0. The Morgan fingerprint density at radius 1 is 1.55 bits per heavy atom. The number of hydrogen-bond donors (Lipinski definition) is 2. The van der Waals surface area contributed by atoms with Crippen molar-refractivity contribution in [2.24, 2.45) is 12.2 Å². The van der Waals surface area contributed by atoms with Crippen molar-refractivity contribution in [1.29, 1.82) is 0 Å². The largest absolute Gasteiger partial charge is 1.00 e. The molecule has 1 aromatic heterocycles. The van der Waals surface area contributed by atoms with E-state index in [1.165, 1.54) is 15.5 Å². The van der Waals surface area contributed by atoms with Gasteiger partial charge >= 0.3 is 21.4 Å². The van der Waals surface area contributed by atoms with Gasteiger partial charge < -0.3 is 17.6 Å². The Labute approximate surface area is 119 Å². The Morgan fingerprint density at radius 2 is 2.15 bits per heavy atom. The van der Waals surface area contributed by atoms with Crippen LogP contribution in [0.5, 0.6) is 0 Å². The lowest BCUT2D eigenvalue weighted by molar-refractivity contribution is -0.671. The highest BCUT2D eigenvalue weighted by atomic mass is 35.5. The van der Waals surface area contributed by atoms with Gasteiger partial charge in [-0.1, -0.05) is 5.16 Å². The van der Waals surface area contributed by atoms with Crippen molar-refractivity contribution in [2.45, 2.75) is 12.1 Å². The summed E-state index contributed by atoms with van der Waals surface area (Å²) in [6.07, 6.45) is 4.17. The second-order valence-corrected chi connectivity index (χ2v) is 5.31. The highest BCUT2D eigenvalue weighted by Gasteiger charge is 2.45. The molecule has 1 rings (SSSR count). The van der Waals surface area contributed by atoms with E-state index < -0.39 is 22.1 Å². The molecule has 0 fully saturated rings. The van der Waals surface area contributed by atoms with E-state index in [2.05, 4.69) is 5.16 Å². The second kappa shape index (κ2) is 6.90. The molecular formula is C8H12ClF3N4O3S. The van der Waals surface area contributed by atoms with E-state index in [-0.39, 0.29) is 19.0 Å². The third-order valence-corrected chi connectivity index (χ3v) is 3.44. The lowest BCUT2D eigenvalue weighted by Crippen LogP contribution is -3.00. The van der Waals surface area contributed by atoms with E-state index >= 15 is 0 Å². The van der Waals surface area contributed by atoms with Crippen LogP contribution >= 0.6 is 0 Å². The van der Waals surface area contributed by atoms with Crippen LogP contribution in [0.3, 0.4) is 0 Å². The molecule has 0 spiro atoms. The zero-order chi connectivity index (χ0) is 14.7. The summed E-state index contributed by atoms with van der Waals surface area (Å²) >= 11 is 0. The summed E-state index contributed by atoms with van der Waals surface area (Å²) in [5.41, 5.74) is -5.33. The van der Waals surface area contributed by atoms with E-state index in [1.54, 1.807) is 17.8 Å². The molecule has 0 atom stereocenters. The number of sulfonamides is 1. The molecule has 1 aromatic rings. The average Bonchev–Trinajstić information content (AvgIpc) is 2.60. The van der Waals surface area contributed by atoms with Crippen molar-refractivity contribution >= 4 is 16.2 Å². The number of aryl methyl sites for hydroxylation is 1. The Balaban J connectivity index is 0.00000361. The maximum absolute atomic E-state index is 12.0. The fourth-order valence-corrected chi connectivity index (χ4v) is 1.85. The Kier molecular flexibility index (Phi) is 6.44. The number of nitrogens with zero attached hydrogens (tertiary/aromatic N) is 3. The molecule has 0 saturated heterocycles. The van der Waals surface area contributed by atoms with Gasteiger partial charge in [0.05, 0.1) is 7.05 Å². The van der Waals surface area contributed by atoms with Gasteiger partial charge in [-0.2, -0.15) is 13.2 Å². The van der Waals surface area contributed by atoms with Crippen LogP contribution in [0.1, 0.15) is 5.82 Å². The number of hydrogen-bond acceptors (Lipinski definition) is 4.